The van der Waals surface area contributed by atoms with Crippen molar-refractivity contribution in [3.8, 4) is 11.3 Å². The van der Waals surface area contributed by atoms with Gasteiger partial charge >= 0.3 is 0 Å². The second-order valence-corrected chi connectivity index (χ2v) is 7.33. The molecule has 2 amide bonds. The molecule has 8 nitrogen and oxygen atoms in total. The zero-order valence-corrected chi connectivity index (χ0v) is 16.3. The molecule has 146 valence electrons. The summed E-state index contributed by atoms with van der Waals surface area (Å²) in [5.41, 5.74) is 2.62. The highest BCUT2D eigenvalue weighted by molar-refractivity contribution is 6.07. The molecule has 1 aliphatic carbocycles. The number of rotatable bonds is 5. The Hall–Kier alpha value is -3.16. The summed E-state index contributed by atoms with van der Waals surface area (Å²) in [5.74, 6) is 1.01. The van der Waals surface area contributed by atoms with E-state index in [-0.39, 0.29) is 30.1 Å². The lowest BCUT2D eigenvalue weighted by atomic mass is 10.0. The zero-order valence-electron chi connectivity index (χ0n) is 16.3. The van der Waals surface area contributed by atoms with Crippen molar-refractivity contribution in [3.63, 3.8) is 0 Å². The molecule has 0 aromatic carbocycles. The Morgan fingerprint density at radius 2 is 2.00 bits per heavy atom. The normalized spacial score (nSPS) is 13.7. The van der Waals surface area contributed by atoms with Crippen molar-refractivity contribution in [2.45, 2.75) is 39.7 Å². The van der Waals surface area contributed by atoms with E-state index in [1.165, 1.54) is 4.90 Å². The highest BCUT2D eigenvalue weighted by Gasteiger charge is 2.26. The Morgan fingerprint density at radius 3 is 2.64 bits per heavy atom. The third-order valence-corrected chi connectivity index (χ3v) is 4.83. The molecule has 28 heavy (non-hydrogen) atoms. The fraction of sp³-hybridized carbons (Fsp3) is 0.400. The van der Waals surface area contributed by atoms with Crippen LogP contribution in [0.25, 0.3) is 22.4 Å². The number of aryl methyl sites for hydroxylation is 3. The van der Waals surface area contributed by atoms with Crippen molar-refractivity contribution in [1.82, 2.24) is 20.4 Å². The molecule has 1 fully saturated rings. The average molecular weight is 382 g/mol. The van der Waals surface area contributed by atoms with Gasteiger partial charge in [0.1, 0.15) is 11.5 Å². The van der Waals surface area contributed by atoms with Crippen LogP contribution in [0, 0.1) is 20.8 Å². The maximum atomic E-state index is 13.1. The van der Waals surface area contributed by atoms with Crippen LogP contribution in [0.4, 0.5) is 0 Å². The minimum absolute atomic E-state index is 0.0113. The third kappa shape index (κ3) is 3.37. The molecule has 4 rings (SSSR count). The van der Waals surface area contributed by atoms with E-state index in [2.05, 4.69) is 15.5 Å². The summed E-state index contributed by atoms with van der Waals surface area (Å²) in [6, 6.07) is 3.83. The van der Waals surface area contributed by atoms with E-state index in [9.17, 15) is 9.59 Å². The van der Waals surface area contributed by atoms with E-state index in [1.54, 1.807) is 20.0 Å². The molecule has 0 spiro atoms. The molecule has 3 aromatic heterocycles. The Balaban J connectivity index is 1.71. The van der Waals surface area contributed by atoms with Crippen LogP contribution in [0.1, 0.15) is 40.4 Å². The molecule has 0 bridgehead atoms. The van der Waals surface area contributed by atoms with Crippen molar-refractivity contribution in [1.29, 1.82) is 0 Å². The summed E-state index contributed by atoms with van der Waals surface area (Å²) in [5, 5.41) is 7.41. The fourth-order valence-corrected chi connectivity index (χ4v) is 3.28. The molecular formula is C20H22N4O4. The first-order chi connectivity index (χ1) is 13.3. The highest BCUT2D eigenvalue weighted by atomic mass is 16.5. The topological polar surface area (TPSA) is 101 Å². The van der Waals surface area contributed by atoms with Gasteiger partial charge in [-0.15, -0.1) is 0 Å². The van der Waals surface area contributed by atoms with Gasteiger partial charge in [0.05, 0.1) is 28.9 Å². The number of pyridine rings is 1. The summed E-state index contributed by atoms with van der Waals surface area (Å²) < 4.78 is 10.9. The summed E-state index contributed by atoms with van der Waals surface area (Å²) >= 11 is 0. The van der Waals surface area contributed by atoms with E-state index in [4.69, 9.17) is 8.94 Å². The molecular weight excluding hydrogens is 360 g/mol. The van der Waals surface area contributed by atoms with Gasteiger partial charge in [-0.1, -0.05) is 5.16 Å². The van der Waals surface area contributed by atoms with E-state index in [0.717, 1.165) is 24.2 Å². The summed E-state index contributed by atoms with van der Waals surface area (Å²) in [4.78, 5) is 31.2. The van der Waals surface area contributed by atoms with E-state index in [0.29, 0.717) is 28.1 Å². The molecule has 1 saturated carbocycles. The van der Waals surface area contributed by atoms with E-state index >= 15 is 0 Å². The Morgan fingerprint density at radius 1 is 1.25 bits per heavy atom. The zero-order chi connectivity index (χ0) is 20.0. The number of nitrogens with zero attached hydrogens (tertiary/aromatic N) is 3. The van der Waals surface area contributed by atoms with Crippen LogP contribution in [-0.2, 0) is 4.79 Å². The number of hydrogen-bond donors (Lipinski definition) is 1. The molecule has 3 heterocycles. The quantitative estimate of drug-likeness (QED) is 0.728. The Kier molecular flexibility index (Phi) is 4.41. The van der Waals surface area contributed by atoms with Crippen LogP contribution in [0.3, 0.4) is 0 Å². The first-order valence-corrected chi connectivity index (χ1v) is 9.22. The van der Waals surface area contributed by atoms with Crippen molar-refractivity contribution in [3.05, 3.63) is 34.9 Å². The summed E-state index contributed by atoms with van der Waals surface area (Å²) in [6.45, 7) is 5.45. The van der Waals surface area contributed by atoms with E-state index in [1.807, 2.05) is 19.9 Å². The molecule has 0 radical (unpaired) electrons. The maximum Gasteiger partial charge on any atom is 0.259 e. The number of carbonyl (C=O) groups excluding carboxylic acids is 2. The standard InChI is InChI=1S/C20H22N4O4/c1-10-7-14(12(3)27-10)16-8-15(18-11(2)23-28-19(18)22-16)20(26)24(4)9-17(25)21-13-5-6-13/h7-8,13H,5-6,9H2,1-4H3,(H,21,25). The number of nitrogens with one attached hydrogen (secondary N) is 1. The lowest BCUT2D eigenvalue weighted by Gasteiger charge is -2.17. The molecule has 1 aliphatic rings. The van der Waals surface area contributed by atoms with Crippen molar-refractivity contribution in [2.75, 3.05) is 13.6 Å². The molecule has 0 aliphatic heterocycles. The van der Waals surface area contributed by atoms with Crippen LogP contribution in [0.2, 0.25) is 0 Å². The molecule has 1 N–H and O–H groups in total. The van der Waals surface area contributed by atoms with Gasteiger partial charge in [0, 0.05) is 18.7 Å². The second-order valence-electron chi connectivity index (χ2n) is 7.33. The Labute approximate surface area is 161 Å². The van der Waals surface area contributed by atoms with Gasteiger partial charge in [0.2, 0.25) is 5.91 Å². The largest absolute Gasteiger partial charge is 0.466 e. The van der Waals surface area contributed by atoms with Gasteiger partial charge in [0.15, 0.2) is 0 Å². The van der Waals surface area contributed by atoms with Gasteiger partial charge in [-0.25, -0.2) is 4.98 Å². The molecule has 3 aromatic rings. The van der Waals surface area contributed by atoms with Gasteiger partial charge in [-0.05, 0) is 45.7 Å². The van der Waals surface area contributed by atoms with Crippen molar-refractivity contribution >= 4 is 22.9 Å². The number of carbonyl (C=O) groups is 2. The average Bonchev–Trinajstić information content (AvgIpc) is 3.28. The lowest BCUT2D eigenvalue weighted by Crippen LogP contribution is -2.39. The van der Waals surface area contributed by atoms with Crippen LogP contribution >= 0.6 is 0 Å². The molecule has 8 heteroatoms. The number of fused-ring (bicyclic) bond motifs is 1. The number of furan rings is 1. The van der Waals surface area contributed by atoms with E-state index < -0.39 is 0 Å². The molecule has 0 atom stereocenters. The Bertz CT molecular complexity index is 1080. The fourth-order valence-electron chi connectivity index (χ4n) is 3.28. The predicted molar refractivity (Wildman–Crippen MR) is 102 cm³/mol. The van der Waals surface area contributed by atoms with Crippen molar-refractivity contribution in [2.24, 2.45) is 0 Å². The molecule has 0 unspecified atom stereocenters. The second kappa shape index (κ2) is 6.78. The minimum atomic E-state index is -0.288. The van der Waals surface area contributed by atoms with Crippen LogP contribution in [0.5, 0.6) is 0 Å². The number of hydrogen-bond acceptors (Lipinski definition) is 6. The predicted octanol–water partition coefficient (Wildman–Crippen LogP) is 2.76. The minimum Gasteiger partial charge on any atom is -0.466 e. The third-order valence-electron chi connectivity index (χ3n) is 4.83. The lowest BCUT2D eigenvalue weighted by molar-refractivity contribution is -0.121. The SMILES string of the molecule is Cc1cc(-c2cc(C(=O)N(C)CC(=O)NC3CC3)c3c(C)noc3n2)c(C)o1. The van der Waals surface area contributed by atoms with Gasteiger partial charge in [-0.3, -0.25) is 9.59 Å². The van der Waals surface area contributed by atoms with Gasteiger partial charge in [0.25, 0.3) is 11.6 Å². The number of aromatic nitrogens is 2. The number of likely N-dealkylation sites (N-methyl/N-ethyl adjacent to an activating group) is 1. The number of amides is 2. The van der Waals surface area contributed by atoms with Crippen LogP contribution in [0.15, 0.2) is 21.1 Å². The highest BCUT2D eigenvalue weighted by Crippen LogP contribution is 2.31. The monoisotopic (exact) mass is 382 g/mol. The first kappa shape index (κ1) is 18.2. The molecule has 0 saturated heterocycles. The summed E-state index contributed by atoms with van der Waals surface area (Å²) in [6.07, 6.45) is 2.00. The first-order valence-electron chi connectivity index (χ1n) is 9.22. The van der Waals surface area contributed by atoms with Crippen LogP contribution in [-0.4, -0.2) is 46.5 Å². The smallest absolute Gasteiger partial charge is 0.259 e. The van der Waals surface area contributed by atoms with Gasteiger partial charge < -0.3 is 19.2 Å². The van der Waals surface area contributed by atoms with Crippen molar-refractivity contribution < 1.29 is 18.5 Å². The van der Waals surface area contributed by atoms with Crippen LogP contribution < -0.4 is 5.32 Å². The maximum absolute atomic E-state index is 13.1. The summed E-state index contributed by atoms with van der Waals surface area (Å²) in [7, 11) is 1.61. The van der Waals surface area contributed by atoms with Gasteiger partial charge in [-0.2, -0.15) is 0 Å².